The number of nitrogens with one attached hydrogen (secondary N) is 2. The van der Waals surface area contributed by atoms with Gasteiger partial charge in [0.25, 0.3) is 0 Å². The molecule has 0 aliphatic rings. The molecule has 6 nitrogen and oxygen atoms in total. The van der Waals surface area contributed by atoms with E-state index in [-0.39, 0.29) is 5.92 Å². The normalized spacial score (nSPS) is 11.8. The molecule has 0 aromatic rings. The Morgan fingerprint density at radius 2 is 1.32 bits per heavy atom. The van der Waals surface area contributed by atoms with E-state index in [0.717, 1.165) is 0 Å². The minimum Gasteiger partial charge on any atom is -0.444 e. The number of hydrogen-bond donors (Lipinski definition) is 2. The average molecular weight is 314 g/mol. The van der Waals surface area contributed by atoms with Gasteiger partial charge in [0.15, 0.2) is 0 Å². The quantitative estimate of drug-likeness (QED) is 0.738. The Labute approximate surface area is 133 Å². The highest BCUT2D eigenvalue weighted by molar-refractivity contribution is 5.68. The van der Waals surface area contributed by atoms with Crippen molar-refractivity contribution in [2.24, 2.45) is 5.92 Å². The maximum Gasteiger partial charge on any atom is 0.407 e. The van der Waals surface area contributed by atoms with Crippen LogP contribution in [0.5, 0.6) is 0 Å². The molecule has 6 heteroatoms. The zero-order valence-corrected chi connectivity index (χ0v) is 14.6. The molecule has 2 N–H and O–H groups in total. The second kappa shape index (κ2) is 8.66. The minimum absolute atomic E-state index is 0.0255. The molecule has 0 saturated carbocycles. The van der Waals surface area contributed by atoms with E-state index >= 15 is 0 Å². The van der Waals surface area contributed by atoms with Crippen molar-refractivity contribution in [1.29, 1.82) is 0 Å². The second-order valence-electron chi connectivity index (χ2n) is 7.16. The summed E-state index contributed by atoms with van der Waals surface area (Å²) in [5.74, 6) is 0.0255. The predicted octanol–water partition coefficient (Wildman–Crippen LogP) is 3.23. The number of hydrogen-bond acceptors (Lipinski definition) is 4. The molecule has 0 atom stereocenters. The molecule has 22 heavy (non-hydrogen) atoms. The van der Waals surface area contributed by atoms with Crippen LogP contribution in [0.4, 0.5) is 9.59 Å². The number of rotatable bonds is 6. The molecule has 0 radical (unpaired) electrons. The maximum absolute atomic E-state index is 11.6. The van der Waals surface area contributed by atoms with Crippen molar-refractivity contribution in [3.63, 3.8) is 0 Å². The third-order valence-electron chi connectivity index (χ3n) is 2.37. The van der Waals surface area contributed by atoms with Gasteiger partial charge < -0.3 is 20.1 Å². The summed E-state index contributed by atoms with van der Waals surface area (Å²) in [7, 11) is 0. The second-order valence-corrected chi connectivity index (χ2v) is 7.16. The first-order valence-electron chi connectivity index (χ1n) is 7.47. The minimum atomic E-state index is -0.535. The van der Waals surface area contributed by atoms with Gasteiger partial charge in [0, 0.05) is 13.1 Å². The Balaban J connectivity index is 4.24. The van der Waals surface area contributed by atoms with Crippen LogP contribution in [0.15, 0.2) is 12.7 Å². The number of carbonyl (C=O) groups excluding carboxylic acids is 2. The van der Waals surface area contributed by atoms with Crippen LogP contribution in [-0.4, -0.2) is 36.5 Å². The van der Waals surface area contributed by atoms with Gasteiger partial charge in [0.1, 0.15) is 11.2 Å². The zero-order chi connectivity index (χ0) is 17.4. The third-order valence-corrected chi connectivity index (χ3v) is 2.37. The van der Waals surface area contributed by atoms with Crippen LogP contribution in [0, 0.1) is 5.92 Å². The maximum atomic E-state index is 11.6. The Hall–Kier alpha value is -1.72. The summed E-state index contributed by atoms with van der Waals surface area (Å²) in [6.45, 7) is 15.3. The average Bonchev–Trinajstić information content (AvgIpc) is 2.28. The molecule has 2 amide bonds. The Morgan fingerprint density at radius 1 is 0.955 bits per heavy atom. The van der Waals surface area contributed by atoms with Crippen LogP contribution in [0.2, 0.25) is 0 Å². The number of allylic oxidation sites excluding steroid dienone is 1. The molecule has 0 spiro atoms. The van der Waals surface area contributed by atoms with Crippen molar-refractivity contribution in [2.75, 3.05) is 13.1 Å². The largest absolute Gasteiger partial charge is 0.444 e. The lowest BCUT2D eigenvalue weighted by Crippen LogP contribution is -2.40. The fourth-order valence-electron chi connectivity index (χ4n) is 1.56. The monoisotopic (exact) mass is 314 g/mol. The Morgan fingerprint density at radius 3 is 1.59 bits per heavy atom. The summed E-state index contributed by atoms with van der Waals surface area (Å²) in [4.78, 5) is 23.2. The molecule has 0 heterocycles. The molecule has 0 rings (SSSR count). The highest BCUT2D eigenvalue weighted by Gasteiger charge is 2.19. The summed E-state index contributed by atoms with van der Waals surface area (Å²) in [5, 5.41) is 5.39. The molecule has 0 bridgehead atoms. The van der Waals surface area contributed by atoms with Gasteiger partial charge in [-0.2, -0.15) is 0 Å². The lowest BCUT2D eigenvalue weighted by atomic mass is 10.1. The Bertz CT molecular complexity index is 349. The van der Waals surface area contributed by atoms with Gasteiger partial charge in [-0.05, 0) is 53.9 Å². The fourth-order valence-corrected chi connectivity index (χ4v) is 1.56. The SMILES string of the molecule is C=CCC(CNC(=O)OC(C)(C)C)CNC(=O)OC(C)(C)C. The van der Waals surface area contributed by atoms with E-state index in [4.69, 9.17) is 9.47 Å². The van der Waals surface area contributed by atoms with Gasteiger partial charge in [0.05, 0.1) is 0 Å². The molecule has 0 aliphatic carbocycles. The van der Waals surface area contributed by atoms with Crippen LogP contribution in [-0.2, 0) is 9.47 Å². The van der Waals surface area contributed by atoms with Crippen molar-refractivity contribution in [1.82, 2.24) is 10.6 Å². The van der Waals surface area contributed by atoms with E-state index in [0.29, 0.717) is 19.5 Å². The van der Waals surface area contributed by atoms with E-state index in [9.17, 15) is 9.59 Å². The van der Waals surface area contributed by atoms with Crippen LogP contribution < -0.4 is 10.6 Å². The fraction of sp³-hybridized carbons (Fsp3) is 0.750. The number of amides is 2. The summed E-state index contributed by atoms with van der Waals surface area (Å²) in [6, 6.07) is 0. The molecule has 0 aliphatic heterocycles. The summed E-state index contributed by atoms with van der Waals surface area (Å²) in [5.41, 5.74) is -1.07. The first-order valence-corrected chi connectivity index (χ1v) is 7.47. The van der Waals surface area contributed by atoms with Gasteiger partial charge in [-0.15, -0.1) is 6.58 Å². The molecular weight excluding hydrogens is 284 g/mol. The van der Waals surface area contributed by atoms with E-state index < -0.39 is 23.4 Å². The third kappa shape index (κ3) is 12.1. The molecular formula is C16H30N2O4. The van der Waals surface area contributed by atoms with Gasteiger partial charge >= 0.3 is 12.2 Å². The molecule has 0 fully saturated rings. The first-order chi connectivity index (χ1) is 9.93. The molecule has 0 unspecified atom stereocenters. The molecule has 0 aromatic heterocycles. The lowest BCUT2D eigenvalue weighted by Gasteiger charge is -2.23. The molecule has 128 valence electrons. The number of alkyl carbamates (subject to hydrolysis) is 2. The van der Waals surface area contributed by atoms with Crippen molar-refractivity contribution in [2.45, 2.75) is 59.2 Å². The van der Waals surface area contributed by atoms with E-state index in [1.807, 2.05) is 0 Å². The van der Waals surface area contributed by atoms with E-state index in [1.54, 1.807) is 47.6 Å². The predicted molar refractivity (Wildman–Crippen MR) is 86.8 cm³/mol. The van der Waals surface area contributed by atoms with E-state index in [2.05, 4.69) is 17.2 Å². The summed E-state index contributed by atoms with van der Waals surface area (Å²) >= 11 is 0. The highest BCUT2D eigenvalue weighted by Crippen LogP contribution is 2.09. The molecule has 0 saturated heterocycles. The first kappa shape index (κ1) is 20.3. The lowest BCUT2D eigenvalue weighted by molar-refractivity contribution is 0.0509. The smallest absolute Gasteiger partial charge is 0.407 e. The Kier molecular flexibility index (Phi) is 7.98. The standard InChI is InChI=1S/C16H30N2O4/c1-8-9-12(10-17-13(19)21-15(2,3)4)11-18-14(20)22-16(5,6)7/h8,12H,1,9-11H2,2-7H3,(H,17,19)(H,18,20). The van der Waals surface area contributed by atoms with Crippen LogP contribution in [0.1, 0.15) is 48.0 Å². The number of ether oxygens (including phenoxy) is 2. The molecule has 0 aromatic carbocycles. The van der Waals surface area contributed by atoms with Gasteiger partial charge in [-0.1, -0.05) is 6.08 Å². The van der Waals surface area contributed by atoms with Crippen molar-refractivity contribution < 1.29 is 19.1 Å². The van der Waals surface area contributed by atoms with Gasteiger partial charge in [-0.3, -0.25) is 0 Å². The zero-order valence-electron chi connectivity index (χ0n) is 14.6. The topological polar surface area (TPSA) is 76.7 Å². The van der Waals surface area contributed by atoms with Crippen molar-refractivity contribution in [3.8, 4) is 0 Å². The van der Waals surface area contributed by atoms with Crippen LogP contribution in [0.25, 0.3) is 0 Å². The highest BCUT2D eigenvalue weighted by atomic mass is 16.6. The van der Waals surface area contributed by atoms with Crippen LogP contribution >= 0.6 is 0 Å². The van der Waals surface area contributed by atoms with Crippen molar-refractivity contribution in [3.05, 3.63) is 12.7 Å². The summed E-state index contributed by atoms with van der Waals surface area (Å²) < 4.78 is 10.3. The van der Waals surface area contributed by atoms with Crippen LogP contribution in [0.3, 0.4) is 0 Å². The number of carbonyl (C=O) groups is 2. The van der Waals surface area contributed by atoms with Crippen molar-refractivity contribution >= 4 is 12.2 Å². The summed E-state index contributed by atoms with van der Waals surface area (Å²) in [6.07, 6.45) is 1.46. The van der Waals surface area contributed by atoms with Gasteiger partial charge in [-0.25, -0.2) is 9.59 Å². The van der Waals surface area contributed by atoms with E-state index in [1.165, 1.54) is 0 Å². The van der Waals surface area contributed by atoms with Gasteiger partial charge in [0.2, 0.25) is 0 Å².